The molecular formula is C12H22N2O. The predicted octanol–water partition coefficient (Wildman–Crippen LogP) is 2.71. The molecule has 3 heteroatoms. The van der Waals surface area contributed by atoms with Crippen LogP contribution in [0.2, 0.25) is 0 Å². The fraction of sp³-hybridized carbons (Fsp3) is 0.833. The first-order valence-electron chi connectivity index (χ1n) is 6.00. The highest BCUT2D eigenvalue weighted by Crippen LogP contribution is 2.21. The Labute approximate surface area is 92.3 Å². The third kappa shape index (κ3) is 5.55. The van der Waals surface area contributed by atoms with Crippen molar-refractivity contribution in [2.75, 3.05) is 0 Å². The summed E-state index contributed by atoms with van der Waals surface area (Å²) in [7, 11) is 0. The average Bonchev–Trinajstić information content (AvgIpc) is 2.18. The van der Waals surface area contributed by atoms with E-state index in [1.807, 2.05) is 20.1 Å². The van der Waals surface area contributed by atoms with E-state index in [-0.39, 0.29) is 5.91 Å². The number of nitrogens with one attached hydrogen (secondary N) is 1. The van der Waals surface area contributed by atoms with Crippen molar-refractivity contribution >= 4 is 12.1 Å². The number of hydrogen-bond acceptors (Lipinski definition) is 2. The minimum absolute atomic E-state index is 0.0251. The largest absolute Gasteiger partial charge is 0.273 e. The molecule has 1 aliphatic carbocycles. The summed E-state index contributed by atoms with van der Waals surface area (Å²) < 4.78 is 0. The van der Waals surface area contributed by atoms with Crippen LogP contribution in [0.15, 0.2) is 5.10 Å². The molecule has 0 radical (unpaired) electrons. The molecule has 1 fully saturated rings. The van der Waals surface area contributed by atoms with Crippen molar-refractivity contribution in [1.82, 2.24) is 5.43 Å². The van der Waals surface area contributed by atoms with Crippen molar-refractivity contribution in [2.24, 2.45) is 16.9 Å². The van der Waals surface area contributed by atoms with E-state index < -0.39 is 0 Å². The fourth-order valence-electron chi connectivity index (χ4n) is 1.91. The van der Waals surface area contributed by atoms with Crippen LogP contribution in [-0.4, -0.2) is 12.1 Å². The van der Waals surface area contributed by atoms with E-state index >= 15 is 0 Å². The second-order valence-electron chi connectivity index (χ2n) is 4.81. The summed E-state index contributed by atoms with van der Waals surface area (Å²) in [5.74, 6) is 1.00. The summed E-state index contributed by atoms with van der Waals surface area (Å²) in [6, 6.07) is 0. The Kier molecular flexibility index (Phi) is 5.37. The van der Waals surface area contributed by atoms with Crippen LogP contribution in [0.1, 0.15) is 52.4 Å². The van der Waals surface area contributed by atoms with Gasteiger partial charge in [0.15, 0.2) is 0 Å². The molecule has 0 aromatic carbocycles. The smallest absolute Gasteiger partial charge is 0.240 e. The van der Waals surface area contributed by atoms with Crippen LogP contribution in [0.4, 0.5) is 0 Å². The zero-order chi connectivity index (χ0) is 11.1. The summed E-state index contributed by atoms with van der Waals surface area (Å²) >= 11 is 0. The number of hydrazone groups is 1. The highest BCUT2D eigenvalue weighted by atomic mass is 16.2. The lowest BCUT2D eigenvalue weighted by molar-refractivity contribution is -0.121. The zero-order valence-electron chi connectivity index (χ0n) is 9.83. The maximum atomic E-state index is 11.3. The number of hydrogen-bond donors (Lipinski definition) is 1. The lowest BCUT2D eigenvalue weighted by Crippen LogP contribution is -2.20. The van der Waals surface area contributed by atoms with Gasteiger partial charge in [-0.3, -0.25) is 4.79 Å². The fourth-order valence-corrected chi connectivity index (χ4v) is 1.91. The minimum atomic E-state index is 0.0251. The van der Waals surface area contributed by atoms with Crippen molar-refractivity contribution in [3.05, 3.63) is 0 Å². The summed E-state index contributed by atoms with van der Waals surface area (Å²) in [4.78, 5) is 11.3. The lowest BCUT2D eigenvalue weighted by atomic mass is 9.90. The summed E-state index contributed by atoms with van der Waals surface area (Å²) in [6.45, 7) is 4.06. The van der Waals surface area contributed by atoms with Crippen LogP contribution in [0.25, 0.3) is 0 Å². The van der Waals surface area contributed by atoms with E-state index in [0.717, 1.165) is 0 Å². The molecule has 0 aromatic heterocycles. The van der Waals surface area contributed by atoms with Crippen molar-refractivity contribution < 1.29 is 4.79 Å². The molecule has 1 N–H and O–H groups in total. The van der Waals surface area contributed by atoms with Crippen molar-refractivity contribution in [2.45, 2.75) is 52.4 Å². The Balaban J connectivity index is 2.17. The van der Waals surface area contributed by atoms with E-state index in [2.05, 4.69) is 10.5 Å². The van der Waals surface area contributed by atoms with Crippen LogP contribution in [0.5, 0.6) is 0 Å². The molecular weight excluding hydrogens is 188 g/mol. The highest BCUT2D eigenvalue weighted by molar-refractivity contribution is 5.77. The number of amides is 1. The van der Waals surface area contributed by atoms with Gasteiger partial charge >= 0.3 is 0 Å². The summed E-state index contributed by atoms with van der Waals surface area (Å²) in [6.07, 6.45) is 8.88. The van der Waals surface area contributed by atoms with Crippen LogP contribution < -0.4 is 5.43 Å². The van der Waals surface area contributed by atoms with Crippen LogP contribution in [0, 0.1) is 11.8 Å². The van der Waals surface area contributed by atoms with Gasteiger partial charge in [-0.1, -0.05) is 33.1 Å². The molecule has 15 heavy (non-hydrogen) atoms. The molecule has 0 heterocycles. The van der Waals surface area contributed by atoms with Gasteiger partial charge in [0, 0.05) is 12.6 Å². The molecule has 0 spiro atoms. The average molecular weight is 210 g/mol. The Morgan fingerprint density at radius 1 is 1.40 bits per heavy atom. The van der Waals surface area contributed by atoms with Gasteiger partial charge in [-0.05, 0) is 24.7 Å². The molecule has 86 valence electrons. The normalized spacial score (nSPS) is 18.6. The molecule has 0 atom stereocenters. The molecule has 0 aromatic rings. The second-order valence-corrected chi connectivity index (χ2v) is 4.81. The molecule has 0 aliphatic heterocycles. The van der Waals surface area contributed by atoms with E-state index in [9.17, 15) is 4.79 Å². The van der Waals surface area contributed by atoms with Crippen molar-refractivity contribution in [1.29, 1.82) is 0 Å². The quantitative estimate of drug-likeness (QED) is 0.562. The molecule has 1 rings (SSSR count). The van der Waals surface area contributed by atoms with Crippen molar-refractivity contribution in [3.8, 4) is 0 Å². The Morgan fingerprint density at radius 2 is 2.07 bits per heavy atom. The lowest BCUT2D eigenvalue weighted by Gasteiger charge is -2.16. The maximum Gasteiger partial charge on any atom is 0.240 e. The number of nitrogens with zero attached hydrogens (tertiary/aromatic N) is 1. The predicted molar refractivity (Wildman–Crippen MR) is 62.7 cm³/mol. The molecule has 1 amide bonds. The number of rotatable bonds is 4. The van der Waals surface area contributed by atoms with Crippen LogP contribution in [-0.2, 0) is 4.79 Å². The van der Waals surface area contributed by atoms with E-state index in [4.69, 9.17) is 0 Å². The zero-order valence-corrected chi connectivity index (χ0v) is 9.83. The molecule has 0 saturated heterocycles. The molecule has 0 bridgehead atoms. The number of carbonyl (C=O) groups excluding carboxylic acids is 1. The molecule has 1 aliphatic rings. The third-order valence-electron chi connectivity index (χ3n) is 2.72. The van der Waals surface area contributed by atoms with Gasteiger partial charge < -0.3 is 0 Å². The second kappa shape index (κ2) is 6.59. The van der Waals surface area contributed by atoms with Crippen LogP contribution in [0.3, 0.4) is 0 Å². The monoisotopic (exact) mass is 210 g/mol. The SMILES string of the molecule is CC(C)CC(=O)NN=CC1CCCCC1. The topological polar surface area (TPSA) is 41.5 Å². The van der Waals surface area contributed by atoms with Crippen LogP contribution >= 0.6 is 0 Å². The third-order valence-corrected chi connectivity index (χ3v) is 2.72. The molecule has 1 saturated carbocycles. The van der Waals surface area contributed by atoms with Gasteiger partial charge in [0.1, 0.15) is 0 Å². The Morgan fingerprint density at radius 3 is 2.67 bits per heavy atom. The highest BCUT2D eigenvalue weighted by Gasteiger charge is 2.10. The minimum Gasteiger partial charge on any atom is -0.273 e. The first-order chi connectivity index (χ1) is 7.18. The van der Waals surface area contributed by atoms with E-state index in [1.54, 1.807) is 0 Å². The Hall–Kier alpha value is -0.860. The van der Waals surface area contributed by atoms with Gasteiger partial charge in [-0.2, -0.15) is 5.10 Å². The molecule has 0 unspecified atom stereocenters. The maximum absolute atomic E-state index is 11.3. The van der Waals surface area contributed by atoms with Gasteiger partial charge in [-0.25, -0.2) is 5.43 Å². The van der Waals surface area contributed by atoms with Gasteiger partial charge in [0.05, 0.1) is 0 Å². The van der Waals surface area contributed by atoms with Gasteiger partial charge in [0.25, 0.3) is 0 Å². The van der Waals surface area contributed by atoms with E-state index in [1.165, 1.54) is 32.1 Å². The van der Waals surface area contributed by atoms with Gasteiger partial charge in [0.2, 0.25) is 5.91 Å². The summed E-state index contributed by atoms with van der Waals surface area (Å²) in [5.41, 5.74) is 2.59. The van der Waals surface area contributed by atoms with Gasteiger partial charge in [-0.15, -0.1) is 0 Å². The standard InChI is InChI=1S/C12H22N2O/c1-10(2)8-12(15)14-13-9-11-6-4-3-5-7-11/h9-11H,3-8H2,1-2H3,(H,14,15). The summed E-state index contributed by atoms with van der Waals surface area (Å²) in [5, 5.41) is 4.02. The number of carbonyl (C=O) groups is 1. The van der Waals surface area contributed by atoms with Crippen molar-refractivity contribution in [3.63, 3.8) is 0 Å². The first kappa shape index (κ1) is 12.2. The first-order valence-corrected chi connectivity index (χ1v) is 6.00. The molecule has 3 nitrogen and oxygen atoms in total. The van der Waals surface area contributed by atoms with E-state index in [0.29, 0.717) is 18.3 Å². The Bertz CT molecular complexity index is 218.